The van der Waals surface area contributed by atoms with E-state index in [2.05, 4.69) is 25.9 Å². The van der Waals surface area contributed by atoms with Gasteiger partial charge in [-0.2, -0.15) is 0 Å². The highest BCUT2D eigenvalue weighted by Crippen LogP contribution is 2.31. The zero-order valence-electron chi connectivity index (χ0n) is 9.21. The minimum Gasteiger partial charge on any atom is -0.399 e. The maximum Gasteiger partial charge on any atom is 0.106 e. The summed E-state index contributed by atoms with van der Waals surface area (Å²) < 4.78 is 0. The van der Waals surface area contributed by atoms with Crippen LogP contribution in [0.25, 0.3) is 0 Å². The van der Waals surface area contributed by atoms with Gasteiger partial charge in [0.15, 0.2) is 0 Å². The predicted molar refractivity (Wildman–Crippen MR) is 55.8 cm³/mol. The minimum absolute atomic E-state index is 0.649. The molecule has 13 heavy (non-hydrogen) atoms. The molecule has 0 aliphatic heterocycles. The molecule has 2 heteroatoms. The molecule has 0 aromatic heterocycles. The molecule has 0 N–H and O–H groups in total. The fourth-order valence-corrected chi connectivity index (χ4v) is 2.18. The second-order valence-electron chi connectivity index (χ2n) is 4.50. The van der Waals surface area contributed by atoms with Crippen molar-refractivity contribution in [3.8, 4) is 0 Å². The largest absolute Gasteiger partial charge is 0.399 e. The molecule has 0 heterocycles. The third-order valence-electron chi connectivity index (χ3n) is 2.97. The minimum atomic E-state index is 0.649. The lowest BCUT2D eigenvalue weighted by Gasteiger charge is -2.30. The van der Waals surface area contributed by atoms with Gasteiger partial charge in [0.2, 0.25) is 0 Å². The molecular weight excluding hydrogens is 162 g/mol. The quantitative estimate of drug-likeness (QED) is 0.603. The molecule has 2 atom stereocenters. The van der Waals surface area contributed by atoms with Gasteiger partial charge in [0.1, 0.15) is 7.11 Å². The van der Waals surface area contributed by atoms with Gasteiger partial charge in [-0.1, -0.05) is 25.9 Å². The lowest BCUT2D eigenvalue weighted by atomic mass is 9.76. The van der Waals surface area contributed by atoms with Gasteiger partial charge in [-0.15, -0.1) is 0 Å². The highest BCUT2D eigenvalue weighted by atomic mass is 16.6. The Morgan fingerprint density at radius 3 is 2.62 bits per heavy atom. The van der Waals surface area contributed by atoms with Crippen LogP contribution in [0.15, 0.2) is 5.16 Å². The van der Waals surface area contributed by atoms with Crippen molar-refractivity contribution in [1.82, 2.24) is 0 Å². The Balaban J connectivity index is 2.66. The van der Waals surface area contributed by atoms with E-state index >= 15 is 0 Å². The van der Waals surface area contributed by atoms with E-state index in [4.69, 9.17) is 4.84 Å². The van der Waals surface area contributed by atoms with Crippen molar-refractivity contribution in [2.75, 3.05) is 7.11 Å². The smallest absolute Gasteiger partial charge is 0.106 e. The summed E-state index contributed by atoms with van der Waals surface area (Å²) in [5, 5.41) is 4.15. The molecule has 0 bridgehead atoms. The molecular formula is C11H21NO. The fourth-order valence-electron chi connectivity index (χ4n) is 2.18. The first kappa shape index (κ1) is 10.6. The van der Waals surface area contributed by atoms with Crippen molar-refractivity contribution in [1.29, 1.82) is 0 Å². The number of oxime groups is 1. The van der Waals surface area contributed by atoms with E-state index in [1.807, 2.05) is 0 Å². The van der Waals surface area contributed by atoms with E-state index in [1.54, 1.807) is 7.11 Å². The van der Waals surface area contributed by atoms with Gasteiger partial charge >= 0.3 is 0 Å². The van der Waals surface area contributed by atoms with E-state index in [9.17, 15) is 0 Å². The van der Waals surface area contributed by atoms with E-state index in [1.165, 1.54) is 18.6 Å². The molecule has 0 aromatic rings. The lowest BCUT2D eigenvalue weighted by molar-refractivity contribution is 0.203. The first-order valence-electron chi connectivity index (χ1n) is 5.25. The molecule has 0 amide bonds. The summed E-state index contributed by atoms with van der Waals surface area (Å²) in [7, 11) is 1.64. The first-order valence-corrected chi connectivity index (χ1v) is 5.25. The van der Waals surface area contributed by atoms with Gasteiger partial charge in [0, 0.05) is 5.92 Å². The SMILES string of the molecule is CO/N=C1\CC(C)CCC1C(C)C. The van der Waals surface area contributed by atoms with Gasteiger partial charge in [0.25, 0.3) is 0 Å². The summed E-state index contributed by atoms with van der Waals surface area (Å²) in [5.41, 5.74) is 1.27. The van der Waals surface area contributed by atoms with Crippen molar-refractivity contribution in [3.05, 3.63) is 0 Å². The second kappa shape index (κ2) is 4.64. The first-order chi connectivity index (χ1) is 6.15. The molecule has 0 spiro atoms. The van der Waals surface area contributed by atoms with Crippen LogP contribution in [0.2, 0.25) is 0 Å². The molecule has 1 rings (SSSR count). The predicted octanol–water partition coefficient (Wildman–Crippen LogP) is 3.08. The Kier molecular flexibility index (Phi) is 3.76. The lowest BCUT2D eigenvalue weighted by Crippen LogP contribution is -2.27. The molecule has 1 fully saturated rings. The van der Waals surface area contributed by atoms with Crippen LogP contribution in [-0.4, -0.2) is 12.8 Å². The highest BCUT2D eigenvalue weighted by molar-refractivity contribution is 5.87. The topological polar surface area (TPSA) is 21.6 Å². The molecule has 0 radical (unpaired) electrons. The Labute approximate surface area is 81.3 Å². The normalized spacial score (nSPS) is 32.5. The zero-order chi connectivity index (χ0) is 9.84. The summed E-state index contributed by atoms with van der Waals surface area (Å²) in [6.07, 6.45) is 3.74. The van der Waals surface area contributed by atoms with Crippen molar-refractivity contribution >= 4 is 5.71 Å². The number of hydrogen-bond donors (Lipinski definition) is 0. The van der Waals surface area contributed by atoms with E-state index in [0.717, 1.165) is 12.3 Å². The fraction of sp³-hybridized carbons (Fsp3) is 0.909. The summed E-state index contributed by atoms with van der Waals surface area (Å²) >= 11 is 0. The van der Waals surface area contributed by atoms with Gasteiger partial charge in [0.05, 0.1) is 5.71 Å². The molecule has 0 saturated heterocycles. The van der Waals surface area contributed by atoms with Crippen molar-refractivity contribution in [2.45, 2.75) is 40.0 Å². The molecule has 76 valence electrons. The Hall–Kier alpha value is -0.530. The number of nitrogens with zero attached hydrogens (tertiary/aromatic N) is 1. The monoisotopic (exact) mass is 183 g/mol. The van der Waals surface area contributed by atoms with Crippen LogP contribution in [0, 0.1) is 17.8 Å². The van der Waals surface area contributed by atoms with Crippen LogP contribution in [0.5, 0.6) is 0 Å². The molecule has 2 nitrogen and oxygen atoms in total. The summed E-state index contributed by atoms with van der Waals surface area (Å²) in [6, 6.07) is 0. The van der Waals surface area contributed by atoms with E-state index in [-0.39, 0.29) is 0 Å². The third kappa shape index (κ3) is 2.71. The summed E-state index contributed by atoms with van der Waals surface area (Å²) in [6.45, 7) is 6.83. The zero-order valence-corrected chi connectivity index (χ0v) is 9.21. The Morgan fingerprint density at radius 2 is 2.08 bits per heavy atom. The molecule has 2 unspecified atom stereocenters. The average Bonchev–Trinajstić information content (AvgIpc) is 2.04. The number of rotatable bonds is 2. The van der Waals surface area contributed by atoms with Gasteiger partial charge < -0.3 is 4.84 Å². The maximum absolute atomic E-state index is 4.90. The molecule has 0 aromatic carbocycles. The van der Waals surface area contributed by atoms with E-state index in [0.29, 0.717) is 11.8 Å². The highest BCUT2D eigenvalue weighted by Gasteiger charge is 2.27. The van der Waals surface area contributed by atoms with Crippen LogP contribution in [0.3, 0.4) is 0 Å². The summed E-state index contributed by atoms with van der Waals surface area (Å²) in [4.78, 5) is 4.90. The van der Waals surface area contributed by atoms with Crippen LogP contribution >= 0.6 is 0 Å². The van der Waals surface area contributed by atoms with Crippen molar-refractivity contribution < 1.29 is 4.84 Å². The van der Waals surface area contributed by atoms with Crippen LogP contribution < -0.4 is 0 Å². The number of hydrogen-bond acceptors (Lipinski definition) is 2. The van der Waals surface area contributed by atoms with Crippen LogP contribution in [-0.2, 0) is 4.84 Å². The molecule has 1 aliphatic rings. The second-order valence-corrected chi connectivity index (χ2v) is 4.50. The summed E-state index contributed by atoms with van der Waals surface area (Å²) in [5.74, 6) is 2.13. The van der Waals surface area contributed by atoms with Gasteiger partial charge in [-0.05, 0) is 31.1 Å². The van der Waals surface area contributed by atoms with Crippen LogP contribution in [0.4, 0.5) is 0 Å². The average molecular weight is 183 g/mol. The maximum atomic E-state index is 4.90. The standard InChI is InChI=1S/C11H21NO/c1-8(2)10-6-5-9(3)7-11(10)12-13-4/h8-10H,5-7H2,1-4H3/b12-11+. The molecule has 1 aliphatic carbocycles. The van der Waals surface area contributed by atoms with Gasteiger partial charge in [-0.25, -0.2) is 0 Å². The van der Waals surface area contributed by atoms with Crippen molar-refractivity contribution in [3.63, 3.8) is 0 Å². The Morgan fingerprint density at radius 1 is 1.38 bits per heavy atom. The van der Waals surface area contributed by atoms with Crippen molar-refractivity contribution in [2.24, 2.45) is 22.9 Å². The third-order valence-corrected chi connectivity index (χ3v) is 2.97. The van der Waals surface area contributed by atoms with E-state index < -0.39 is 0 Å². The molecule has 1 saturated carbocycles. The van der Waals surface area contributed by atoms with Gasteiger partial charge in [-0.3, -0.25) is 0 Å². The van der Waals surface area contributed by atoms with Crippen LogP contribution in [0.1, 0.15) is 40.0 Å². The Bertz CT molecular complexity index is 187.